The molecule has 2 aromatic carbocycles. The van der Waals surface area contributed by atoms with Crippen LogP contribution in [0, 0.1) is 0 Å². The van der Waals surface area contributed by atoms with Crippen molar-refractivity contribution in [2.45, 2.75) is 0 Å². The molecule has 0 radical (unpaired) electrons. The maximum Gasteiger partial charge on any atom is 0.262 e. The minimum Gasteiger partial charge on any atom is -0.493 e. The van der Waals surface area contributed by atoms with Crippen molar-refractivity contribution >= 4 is 34.1 Å². The summed E-state index contributed by atoms with van der Waals surface area (Å²) in [7, 11) is 3.17. The summed E-state index contributed by atoms with van der Waals surface area (Å²) in [6, 6.07) is 10.9. The molecule has 10 heteroatoms. The first kappa shape index (κ1) is 18.7. The maximum atomic E-state index is 11.6. The molecule has 2 N–H and O–H groups in total. The third-order valence-electron chi connectivity index (χ3n) is 4.84. The van der Waals surface area contributed by atoms with Gasteiger partial charge >= 0.3 is 0 Å². The number of nitrogens with one attached hydrogen (secondary N) is 2. The third-order valence-corrected chi connectivity index (χ3v) is 4.84. The van der Waals surface area contributed by atoms with Crippen molar-refractivity contribution in [3.63, 3.8) is 0 Å². The number of rotatable bonds is 5. The summed E-state index contributed by atoms with van der Waals surface area (Å²) >= 11 is 0. The molecule has 0 fully saturated rings. The van der Waals surface area contributed by atoms with E-state index in [0.717, 1.165) is 11.4 Å². The molecule has 0 atom stereocenters. The van der Waals surface area contributed by atoms with E-state index in [4.69, 9.17) is 14.2 Å². The summed E-state index contributed by atoms with van der Waals surface area (Å²) in [5, 5.41) is 10.6. The highest BCUT2D eigenvalue weighted by atomic mass is 16.5. The van der Waals surface area contributed by atoms with Crippen LogP contribution in [0.5, 0.6) is 17.2 Å². The number of carbonyl (C=O) groups is 1. The highest BCUT2D eigenvalue weighted by Crippen LogP contribution is 2.34. The Labute approximate surface area is 176 Å². The molecule has 31 heavy (non-hydrogen) atoms. The van der Waals surface area contributed by atoms with Gasteiger partial charge in [-0.15, -0.1) is 0 Å². The van der Waals surface area contributed by atoms with Crippen LogP contribution in [-0.2, 0) is 4.79 Å². The molecule has 0 aliphatic carbocycles. The molecule has 3 heterocycles. The molecular weight excluding hydrogens is 400 g/mol. The fraction of sp³-hybridized carbons (Fsp3) is 0.143. The van der Waals surface area contributed by atoms with Crippen LogP contribution in [0.4, 0.5) is 17.2 Å². The van der Waals surface area contributed by atoms with E-state index < -0.39 is 0 Å². The van der Waals surface area contributed by atoms with Crippen molar-refractivity contribution in [3.8, 4) is 22.9 Å². The standard InChI is InChI=1S/C21H18N6O4/c1-29-17-6-4-13(8-18(17)30-2)27-20-15(9-24-27)22-11-23-21(20)25-12-3-5-16-14(7-12)26-19(28)10-31-16/h3-9,11H,10H2,1-2H3,(H,26,28)(H,22,23,25). The Morgan fingerprint density at radius 2 is 1.97 bits per heavy atom. The average molecular weight is 418 g/mol. The van der Waals surface area contributed by atoms with Gasteiger partial charge in [-0.05, 0) is 30.3 Å². The first-order chi connectivity index (χ1) is 15.2. The van der Waals surface area contributed by atoms with Gasteiger partial charge in [-0.25, -0.2) is 14.6 Å². The molecule has 1 aliphatic heterocycles. The van der Waals surface area contributed by atoms with Gasteiger partial charge in [0.15, 0.2) is 23.9 Å². The van der Waals surface area contributed by atoms with Crippen molar-refractivity contribution < 1.29 is 19.0 Å². The van der Waals surface area contributed by atoms with Crippen LogP contribution in [0.15, 0.2) is 48.9 Å². The molecule has 0 unspecified atom stereocenters. The number of benzene rings is 2. The average Bonchev–Trinajstić information content (AvgIpc) is 3.23. The lowest BCUT2D eigenvalue weighted by molar-refractivity contribution is -0.118. The van der Waals surface area contributed by atoms with Crippen LogP contribution in [0.1, 0.15) is 0 Å². The van der Waals surface area contributed by atoms with Gasteiger partial charge in [0, 0.05) is 11.8 Å². The van der Waals surface area contributed by atoms with E-state index in [9.17, 15) is 4.79 Å². The summed E-state index contributed by atoms with van der Waals surface area (Å²) in [6.45, 7) is 0.0107. The van der Waals surface area contributed by atoms with Gasteiger partial charge in [0.05, 0.1) is 31.8 Å². The Hall–Kier alpha value is -4.34. The smallest absolute Gasteiger partial charge is 0.262 e. The van der Waals surface area contributed by atoms with E-state index in [1.165, 1.54) is 6.33 Å². The van der Waals surface area contributed by atoms with Crippen molar-refractivity contribution in [1.82, 2.24) is 19.7 Å². The zero-order valence-corrected chi connectivity index (χ0v) is 16.7. The molecule has 1 aliphatic rings. The van der Waals surface area contributed by atoms with Gasteiger partial charge in [-0.2, -0.15) is 5.10 Å². The molecule has 2 aromatic heterocycles. The Kier molecular flexibility index (Phi) is 4.51. The second kappa shape index (κ2) is 7.48. The van der Waals surface area contributed by atoms with Crippen molar-refractivity contribution in [1.29, 1.82) is 0 Å². The van der Waals surface area contributed by atoms with E-state index in [-0.39, 0.29) is 12.5 Å². The summed E-state index contributed by atoms with van der Waals surface area (Å²) in [6.07, 6.45) is 3.13. The Bertz CT molecular complexity index is 1300. The molecular formula is C21H18N6O4. The monoisotopic (exact) mass is 418 g/mol. The topological polar surface area (TPSA) is 112 Å². The minimum atomic E-state index is -0.194. The van der Waals surface area contributed by atoms with Gasteiger partial charge in [0.2, 0.25) is 0 Å². The molecule has 0 spiro atoms. The Morgan fingerprint density at radius 1 is 1.10 bits per heavy atom. The fourth-order valence-corrected chi connectivity index (χ4v) is 3.41. The number of carbonyl (C=O) groups excluding carboxylic acids is 1. The first-order valence-electron chi connectivity index (χ1n) is 9.41. The van der Waals surface area contributed by atoms with E-state index in [0.29, 0.717) is 39.8 Å². The number of anilines is 3. The van der Waals surface area contributed by atoms with Gasteiger partial charge in [-0.1, -0.05) is 0 Å². The van der Waals surface area contributed by atoms with Crippen LogP contribution in [0.25, 0.3) is 16.7 Å². The van der Waals surface area contributed by atoms with Crippen LogP contribution < -0.4 is 24.8 Å². The highest BCUT2D eigenvalue weighted by molar-refractivity contribution is 5.96. The lowest BCUT2D eigenvalue weighted by atomic mass is 10.2. The number of fused-ring (bicyclic) bond motifs is 2. The van der Waals surface area contributed by atoms with Crippen molar-refractivity contribution in [3.05, 3.63) is 48.9 Å². The molecule has 5 rings (SSSR count). The zero-order chi connectivity index (χ0) is 21.4. The molecule has 0 saturated carbocycles. The summed E-state index contributed by atoms with van der Waals surface area (Å²) in [5.41, 5.74) is 3.44. The number of methoxy groups -OCH3 is 2. The van der Waals surface area contributed by atoms with Crippen LogP contribution in [0.3, 0.4) is 0 Å². The second-order valence-electron chi connectivity index (χ2n) is 6.72. The number of ether oxygens (including phenoxy) is 3. The summed E-state index contributed by atoms with van der Waals surface area (Å²) in [5.74, 6) is 2.19. The number of hydrogen-bond donors (Lipinski definition) is 2. The lowest BCUT2D eigenvalue weighted by Gasteiger charge is -2.19. The molecule has 10 nitrogen and oxygen atoms in total. The number of nitrogens with zero attached hydrogens (tertiary/aromatic N) is 4. The number of aromatic nitrogens is 4. The normalized spacial score (nSPS) is 12.6. The lowest BCUT2D eigenvalue weighted by Crippen LogP contribution is -2.25. The second-order valence-corrected chi connectivity index (χ2v) is 6.72. The van der Waals surface area contributed by atoms with Gasteiger partial charge < -0.3 is 24.8 Å². The predicted molar refractivity (Wildman–Crippen MR) is 114 cm³/mol. The fourth-order valence-electron chi connectivity index (χ4n) is 3.41. The van der Waals surface area contributed by atoms with Crippen LogP contribution >= 0.6 is 0 Å². The molecule has 0 bridgehead atoms. The van der Waals surface area contributed by atoms with Crippen LogP contribution in [-0.4, -0.2) is 46.5 Å². The van der Waals surface area contributed by atoms with Crippen molar-refractivity contribution in [2.75, 3.05) is 31.5 Å². The molecule has 1 amide bonds. The molecule has 0 saturated heterocycles. The maximum absolute atomic E-state index is 11.6. The van der Waals surface area contributed by atoms with Crippen LogP contribution in [0.2, 0.25) is 0 Å². The van der Waals surface area contributed by atoms with E-state index in [1.807, 2.05) is 24.3 Å². The van der Waals surface area contributed by atoms with Crippen molar-refractivity contribution in [2.24, 2.45) is 0 Å². The van der Waals surface area contributed by atoms with Gasteiger partial charge in [0.25, 0.3) is 5.91 Å². The SMILES string of the molecule is COc1ccc(-n2ncc3ncnc(Nc4ccc5c(c4)NC(=O)CO5)c32)cc1OC. The minimum absolute atomic E-state index is 0.0107. The number of hydrogen-bond acceptors (Lipinski definition) is 8. The summed E-state index contributed by atoms with van der Waals surface area (Å²) < 4.78 is 17.9. The first-order valence-corrected chi connectivity index (χ1v) is 9.41. The van der Waals surface area contributed by atoms with Gasteiger partial charge in [0.1, 0.15) is 23.1 Å². The number of amides is 1. The molecule has 4 aromatic rings. The largest absolute Gasteiger partial charge is 0.493 e. The predicted octanol–water partition coefficient (Wildman–Crippen LogP) is 2.91. The molecule has 156 valence electrons. The zero-order valence-electron chi connectivity index (χ0n) is 16.7. The third kappa shape index (κ3) is 3.33. The quantitative estimate of drug-likeness (QED) is 0.509. The highest BCUT2D eigenvalue weighted by Gasteiger charge is 2.18. The Balaban J connectivity index is 1.56. The van der Waals surface area contributed by atoms with E-state index in [1.54, 1.807) is 37.2 Å². The van der Waals surface area contributed by atoms with E-state index in [2.05, 4.69) is 25.7 Å². The van der Waals surface area contributed by atoms with E-state index >= 15 is 0 Å². The Morgan fingerprint density at radius 3 is 2.81 bits per heavy atom. The summed E-state index contributed by atoms with van der Waals surface area (Å²) in [4.78, 5) is 20.4. The van der Waals surface area contributed by atoms with Gasteiger partial charge in [-0.3, -0.25) is 4.79 Å².